The fourth-order valence-corrected chi connectivity index (χ4v) is 2.83. The summed E-state index contributed by atoms with van der Waals surface area (Å²) in [6, 6.07) is 9.85. The molecule has 1 aliphatic carbocycles. The second kappa shape index (κ2) is 5.56. The number of H-pyrrole nitrogens is 1. The van der Waals surface area contributed by atoms with E-state index in [0.29, 0.717) is 0 Å². The van der Waals surface area contributed by atoms with E-state index < -0.39 is 0 Å². The molecule has 3 rings (SSSR count). The first-order valence-corrected chi connectivity index (χ1v) is 7.20. The molecule has 1 aromatic carbocycles. The van der Waals surface area contributed by atoms with Gasteiger partial charge in [-0.25, -0.2) is 0 Å². The van der Waals surface area contributed by atoms with Gasteiger partial charge >= 0.3 is 0 Å². The minimum Gasteiger partial charge on any atom is -0.364 e. The van der Waals surface area contributed by atoms with E-state index in [9.17, 15) is 9.59 Å². The molecule has 0 aliphatic heterocycles. The SMILES string of the molecule is Cc1cc(=O)c(C(=O)NC2CCc3ccccc3C2)c[nH]1. The minimum absolute atomic E-state index is 0.0908. The maximum Gasteiger partial charge on any atom is 0.256 e. The summed E-state index contributed by atoms with van der Waals surface area (Å²) in [5, 5.41) is 2.98. The maximum absolute atomic E-state index is 12.2. The molecule has 1 aliphatic rings. The van der Waals surface area contributed by atoms with Crippen LogP contribution in [0, 0.1) is 6.92 Å². The van der Waals surface area contributed by atoms with Crippen LogP contribution < -0.4 is 10.7 Å². The molecule has 4 nitrogen and oxygen atoms in total. The summed E-state index contributed by atoms with van der Waals surface area (Å²) in [5.74, 6) is -0.291. The topological polar surface area (TPSA) is 62.0 Å². The average Bonchev–Trinajstić information content (AvgIpc) is 2.47. The lowest BCUT2D eigenvalue weighted by molar-refractivity contribution is 0.0932. The molecule has 0 saturated carbocycles. The molecule has 0 saturated heterocycles. The van der Waals surface area contributed by atoms with Gasteiger partial charge in [0.2, 0.25) is 0 Å². The third-order valence-electron chi connectivity index (χ3n) is 3.98. The van der Waals surface area contributed by atoms with Gasteiger partial charge in [-0.1, -0.05) is 24.3 Å². The molecule has 21 heavy (non-hydrogen) atoms. The first-order chi connectivity index (χ1) is 10.1. The number of rotatable bonds is 2. The Balaban J connectivity index is 1.73. The van der Waals surface area contributed by atoms with Crippen LogP contribution in [-0.4, -0.2) is 16.9 Å². The van der Waals surface area contributed by atoms with Crippen LogP contribution in [0.1, 0.15) is 33.6 Å². The van der Waals surface area contributed by atoms with E-state index in [2.05, 4.69) is 22.4 Å². The van der Waals surface area contributed by atoms with Gasteiger partial charge in [0.15, 0.2) is 5.43 Å². The number of pyridine rings is 1. The van der Waals surface area contributed by atoms with Crippen molar-refractivity contribution in [2.75, 3.05) is 0 Å². The van der Waals surface area contributed by atoms with Crippen molar-refractivity contribution in [3.05, 3.63) is 69.1 Å². The molecule has 108 valence electrons. The van der Waals surface area contributed by atoms with Crippen molar-refractivity contribution in [1.29, 1.82) is 0 Å². The van der Waals surface area contributed by atoms with E-state index in [-0.39, 0.29) is 22.9 Å². The van der Waals surface area contributed by atoms with Gasteiger partial charge in [0.05, 0.1) is 0 Å². The van der Waals surface area contributed by atoms with E-state index in [1.165, 1.54) is 23.4 Å². The van der Waals surface area contributed by atoms with Gasteiger partial charge in [-0.05, 0) is 37.3 Å². The van der Waals surface area contributed by atoms with Crippen molar-refractivity contribution >= 4 is 5.91 Å². The smallest absolute Gasteiger partial charge is 0.256 e. The third kappa shape index (κ3) is 2.89. The van der Waals surface area contributed by atoms with Crippen LogP contribution in [0.25, 0.3) is 0 Å². The Hall–Kier alpha value is -2.36. The standard InChI is InChI=1S/C17H18N2O2/c1-11-8-16(20)15(10-18-11)17(21)19-14-7-6-12-4-2-3-5-13(12)9-14/h2-5,8,10,14H,6-7,9H2,1H3,(H,18,20)(H,19,21). The van der Waals surface area contributed by atoms with Gasteiger partial charge < -0.3 is 10.3 Å². The molecule has 0 radical (unpaired) electrons. The largest absolute Gasteiger partial charge is 0.364 e. The molecule has 1 atom stereocenters. The van der Waals surface area contributed by atoms with Crippen LogP contribution in [0.3, 0.4) is 0 Å². The maximum atomic E-state index is 12.2. The number of fused-ring (bicyclic) bond motifs is 1. The lowest BCUT2D eigenvalue weighted by Crippen LogP contribution is -2.40. The van der Waals surface area contributed by atoms with E-state index in [1.807, 2.05) is 12.1 Å². The molecule has 1 heterocycles. The number of amides is 1. The van der Waals surface area contributed by atoms with Crippen molar-refractivity contribution in [3.8, 4) is 0 Å². The summed E-state index contributed by atoms with van der Waals surface area (Å²) in [7, 11) is 0. The Labute approximate surface area is 123 Å². The molecule has 1 aromatic heterocycles. The van der Waals surface area contributed by atoms with Gasteiger partial charge in [0.25, 0.3) is 5.91 Å². The number of carbonyl (C=O) groups excluding carboxylic acids is 1. The number of aromatic nitrogens is 1. The van der Waals surface area contributed by atoms with Crippen molar-refractivity contribution in [1.82, 2.24) is 10.3 Å². The molecule has 1 unspecified atom stereocenters. The summed E-state index contributed by atoms with van der Waals surface area (Å²) in [5.41, 5.74) is 3.34. The summed E-state index contributed by atoms with van der Waals surface area (Å²) < 4.78 is 0. The molecular weight excluding hydrogens is 264 g/mol. The molecule has 0 spiro atoms. The van der Waals surface area contributed by atoms with E-state index >= 15 is 0 Å². The molecular formula is C17H18N2O2. The zero-order chi connectivity index (χ0) is 14.8. The lowest BCUT2D eigenvalue weighted by atomic mass is 9.88. The highest BCUT2D eigenvalue weighted by molar-refractivity contribution is 5.94. The Morgan fingerprint density at radius 3 is 2.81 bits per heavy atom. The third-order valence-corrected chi connectivity index (χ3v) is 3.98. The van der Waals surface area contributed by atoms with E-state index in [0.717, 1.165) is 25.0 Å². The second-order valence-electron chi connectivity index (χ2n) is 5.58. The number of hydrogen-bond acceptors (Lipinski definition) is 2. The number of nitrogens with one attached hydrogen (secondary N) is 2. The van der Waals surface area contributed by atoms with Crippen LogP contribution in [0.15, 0.2) is 41.3 Å². The number of hydrogen-bond donors (Lipinski definition) is 2. The van der Waals surface area contributed by atoms with Gasteiger partial charge in [0.1, 0.15) is 5.56 Å². The lowest BCUT2D eigenvalue weighted by Gasteiger charge is -2.25. The second-order valence-corrected chi connectivity index (χ2v) is 5.58. The molecule has 2 aromatic rings. The zero-order valence-corrected chi connectivity index (χ0v) is 12.0. The highest BCUT2D eigenvalue weighted by atomic mass is 16.2. The Kier molecular flexibility index (Phi) is 3.60. The Morgan fingerprint density at radius 2 is 2.05 bits per heavy atom. The van der Waals surface area contributed by atoms with Crippen molar-refractivity contribution < 1.29 is 4.79 Å². The summed E-state index contributed by atoms with van der Waals surface area (Å²) in [6.07, 6.45) is 4.19. The number of carbonyl (C=O) groups is 1. The van der Waals surface area contributed by atoms with Crippen LogP contribution >= 0.6 is 0 Å². The highest BCUT2D eigenvalue weighted by Gasteiger charge is 2.21. The van der Waals surface area contributed by atoms with E-state index in [4.69, 9.17) is 0 Å². The van der Waals surface area contributed by atoms with Gasteiger partial charge in [-0.3, -0.25) is 9.59 Å². The van der Waals surface area contributed by atoms with E-state index in [1.54, 1.807) is 6.92 Å². The highest BCUT2D eigenvalue weighted by Crippen LogP contribution is 2.21. The molecule has 1 amide bonds. The molecule has 0 bridgehead atoms. The fraction of sp³-hybridized carbons (Fsp3) is 0.294. The first kappa shape index (κ1) is 13.6. The monoisotopic (exact) mass is 282 g/mol. The number of aromatic amines is 1. The Morgan fingerprint density at radius 1 is 1.29 bits per heavy atom. The number of benzene rings is 1. The summed E-state index contributed by atoms with van der Waals surface area (Å²) in [4.78, 5) is 27.0. The zero-order valence-electron chi connectivity index (χ0n) is 12.0. The quantitative estimate of drug-likeness (QED) is 0.884. The van der Waals surface area contributed by atoms with Crippen LogP contribution in [0.5, 0.6) is 0 Å². The number of aryl methyl sites for hydroxylation is 2. The Bertz CT molecular complexity index is 734. The molecule has 0 fully saturated rings. The predicted octanol–water partition coefficient (Wildman–Crippen LogP) is 1.97. The molecule has 2 N–H and O–H groups in total. The van der Waals surface area contributed by atoms with Crippen molar-refractivity contribution in [3.63, 3.8) is 0 Å². The first-order valence-electron chi connectivity index (χ1n) is 7.20. The van der Waals surface area contributed by atoms with Crippen molar-refractivity contribution in [2.45, 2.75) is 32.2 Å². The normalized spacial score (nSPS) is 17.1. The van der Waals surface area contributed by atoms with Crippen LogP contribution in [0.4, 0.5) is 0 Å². The van der Waals surface area contributed by atoms with Crippen LogP contribution in [0.2, 0.25) is 0 Å². The van der Waals surface area contributed by atoms with Gasteiger partial charge in [-0.15, -0.1) is 0 Å². The van der Waals surface area contributed by atoms with Crippen LogP contribution in [-0.2, 0) is 12.8 Å². The predicted molar refractivity (Wildman–Crippen MR) is 81.5 cm³/mol. The summed E-state index contributed by atoms with van der Waals surface area (Å²) in [6.45, 7) is 1.79. The summed E-state index contributed by atoms with van der Waals surface area (Å²) >= 11 is 0. The van der Waals surface area contributed by atoms with Gasteiger partial charge in [0, 0.05) is 24.0 Å². The minimum atomic E-state index is -0.291. The van der Waals surface area contributed by atoms with Gasteiger partial charge in [-0.2, -0.15) is 0 Å². The fourth-order valence-electron chi connectivity index (χ4n) is 2.83. The van der Waals surface area contributed by atoms with Crippen molar-refractivity contribution in [2.24, 2.45) is 0 Å². The average molecular weight is 282 g/mol. The molecule has 4 heteroatoms.